The van der Waals surface area contributed by atoms with Crippen molar-refractivity contribution >= 4 is 26.2 Å². The van der Waals surface area contributed by atoms with Gasteiger partial charge in [0.1, 0.15) is 0 Å². The average molecular weight is 505 g/mol. The number of hydrogen-bond acceptors (Lipinski definition) is 6. The number of halogens is 4. The molecule has 2 N–H and O–H groups in total. The van der Waals surface area contributed by atoms with Crippen molar-refractivity contribution in [2.75, 3.05) is 26.2 Å². The lowest BCUT2D eigenvalue weighted by Gasteiger charge is -2.38. The van der Waals surface area contributed by atoms with E-state index in [1.54, 1.807) is 0 Å². The molecule has 2 saturated heterocycles. The van der Waals surface area contributed by atoms with Crippen LogP contribution in [0.1, 0.15) is 25.7 Å². The average Bonchev–Trinajstić information content (AvgIpc) is 2.74. The second kappa shape index (κ2) is 10.4. The van der Waals surface area contributed by atoms with Gasteiger partial charge >= 0.3 is 22.4 Å². The molecule has 8 nitrogen and oxygen atoms in total. The first-order valence-electron chi connectivity index (χ1n) is 9.78. The summed E-state index contributed by atoms with van der Waals surface area (Å²) in [6.07, 6.45) is -1.11. The molecule has 2 aliphatic rings. The lowest BCUT2D eigenvalue weighted by molar-refractivity contribution is -0.192. The molecule has 2 heterocycles. The number of carbonyl (C=O) groups is 1. The summed E-state index contributed by atoms with van der Waals surface area (Å²) in [6, 6.07) is 4.53. The van der Waals surface area contributed by atoms with Crippen molar-refractivity contribution in [3.63, 3.8) is 0 Å². The molecular formula is C18H24F4N2O6S2. The Labute approximate surface area is 183 Å². The zero-order valence-corrected chi connectivity index (χ0v) is 18.5. The Morgan fingerprint density at radius 2 is 1.66 bits per heavy atom. The molecule has 2 atom stereocenters. The molecule has 0 saturated carbocycles. The minimum Gasteiger partial charge on any atom is -0.475 e. The normalized spacial score (nSPS) is 23.1. The quantitative estimate of drug-likeness (QED) is 0.477. The number of rotatable bonds is 4. The maximum Gasteiger partial charge on any atom is 0.490 e. The van der Waals surface area contributed by atoms with Crippen LogP contribution in [0.15, 0.2) is 34.1 Å². The van der Waals surface area contributed by atoms with Gasteiger partial charge in [0.2, 0.25) is 10.0 Å². The third-order valence-electron chi connectivity index (χ3n) is 5.39. The van der Waals surface area contributed by atoms with Crippen molar-refractivity contribution < 1.29 is 43.8 Å². The maximum absolute atomic E-state index is 13.2. The zero-order chi connectivity index (χ0) is 24.2. The molecule has 0 radical (unpaired) electrons. The summed E-state index contributed by atoms with van der Waals surface area (Å²) in [6.45, 7) is 2.76. The molecule has 182 valence electrons. The van der Waals surface area contributed by atoms with Crippen molar-refractivity contribution in [1.29, 1.82) is 0 Å². The lowest BCUT2D eigenvalue weighted by Crippen LogP contribution is -2.45. The summed E-state index contributed by atoms with van der Waals surface area (Å²) < 4.78 is 94.3. The van der Waals surface area contributed by atoms with E-state index in [0.29, 0.717) is 24.9 Å². The first-order valence-corrected chi connectivity index (χ1v) is 12.6. The topological polar surface area (TPSA) is 121 Å². The number of aliphatic carboxylic acids is 1. The van der Waals surface area contributed by atoms with Crippen molar-refractivity contribution in [2.24, 2.45) is 11.8 Å². The monoisotopic (exact) mass is 504 g/mol. The highest BCUT2D eigenvalue weighted by Crippen LogP contribution is 2.31. The van der Waals surface area contributed by atoms with Crippen molar-refractivity contribution in [2.45, 2.75) is 41.7 Å². The number of hydrogen-bond donors (Lipinski definition) is 2. The summed E-state index contributed by atoms with van der Waals surface area (Å²) in [5.74, 6) is -2.00. The second-order valence-electron chi connectivity index (χ2n) is 7.59. The Morgan fingerprint density at radius 3 is 2.19 bits per heavy atom. The van der Waals surface area contributed by atoms with Gasteiger partial charge in [0.15, 0.2) is 0 Å². The predicted octanol–water partition coefficient (Wildman–Crippen LogP) is 2.38. The molecule has 1 aromatic carbocycles. The molecule has 0 aliphatic carbocycles. The number of carboxylic acid groups (broad SMARTS) is 1. The molecule has 0 aromatic heterocycles. The molecule has 2 fully saturated rings. The van der Waals surface area contributed by atoms with Crippen LogP contribution in [-0.2, 0) is 25.0 Å². The van der Waals surface area contributed by atoms with Crippen LogP contribution in [0.4, 0.5) is 17.1 Å². The van der Waals surface area contributed by atoms with Gasteiger partial charge in [-0.15, -0.1) is 3.89 Å². The van der Waals surface area contributed by atoms with Crippen LogP contribution in [0.2, 0.25) is 0 Å². The van der Waals surface area contributed by atoms with E-state index in [2.05, 4.69) is 5.32 Å². The van der Waals surface area contributed by atoms with E-state index < -0.39 is 37.3 Å². The molecule has 32 heavy (non-hydrogen) atoms. The number of piperidine rings is 2. The molecule has 14 heteroatoms. The summed E-state index contributed by atoms with van der Waals surface area (Å²) in [4.78, 5) is 8.10. The van der Waals surface area contributed by atoms with Gasteiger partial charge in [-0.05, 0) is 68.8 Å². The van der Waals surface area contributed by atoms with Gasteiger partial charge in [-0.25, -0.2) is 13.2 Å². The number of nitrogens with one attached hydrogen (secondary N) is 1. The minimum absolute atomic E-state index is 0.173. The van der Waals surface area contributed by atoms with Crippen LogP contribution >= 0.6 is 0 Å². The van der Waals surface area contributed by atoms with E-state index in [9.17, 15) is 33.9 Å². The Morgan fingerprint density at radius 1 is 1.06 bits per heavy atom. The Balaban J connectivity index is 0.000000451. The smallest absolute Gasteiger partial charge is 0.475 e. The van der Waals surface area contributed by atoms with E-state index in [4.69, 9.17) is 9.90 Å². The fourth-order valence-electron chi connectivity index (χ4n) is 3.79. The van der Waals surface area contributed by atoms with Crippen molar-refractivity contribution in [3.05, 3.63) is 24.3 Å². The summed E-state index contributed by atoms with van der Waals surface area (Å²) >= 11 is 0. The number of carboxylic acids is 1. The molecular weight excluding hydrogens is 480 g/mol. The highest BCUT2D eigenvalue weighted by molar-refractivity contribution is 7.89. The predicted molar refractivity (Wildman–Crippen MR) is 106 cm³/mol. The molecule has 3 rings (SSSR count). The Hall–Kier alpha value is -1.77. The van der Waals surface area contributed by atoms with E-state index in [1.165, 1.54) is 16.4 Å². The molecule has 1 aromatic rings. The maximum atomic E-state index is 13.2. The highest BCUT2D eigenvalue weighted by Gasteiger charge is 2.38. The Kier molecular flexibility index (Phi) is 8.64. The number of nitrogens with zero attached hydrogens (tertiary/aromatic N) is 1. The van der Waals surface area contributed by atoms with Gasteiger partial charge in [0, 0.05) is 13.1 Å². The summed E-state index contributed by atoms with van der Waals surface area (Å²) in [7, 11) is -8.77. The van der Waals surface area contributed by atoms with E-state index in [1.807, 2.05) is 0 Å². The van der Waals surface area contributed by atoms with Gasteiger partial charge in [-0.2, -0.15) is 25.9 Å². The van der Waals surface area contributed by atoms with Crippen LogP contribution < -0.4 is 5.32 Å². The molecule has 2 unspecified atom stereocenters. The van der Waals surface area contributed by atoms with E-state index in [0.717, 1.165) is 50.9 Å². The van der Waals surface area contributed by atoms with Crippen LogP contribution in [0.3, 0.4) is 0 Å². The fourth-order valence-corrected chi connectivity index (χ4v) is 5.96. The Bertz CT molecular complexity index is 1010. The van der Waals surface area contributed by atoms with E-state index in [-0.39, 0.29) is 4.90 Å². The molecule has 0 bridgehead atoms. The first-order chi connectivity index (χ1) is 14.7. The minimum atomic E-state index is -5.08. The third kappa shape index (κ3) is 7.12. The molecule has 0 spiro atoms. The van der Waals surface area contributed by atoms with Gasteiger partial charge < -0.3 is 10.4 Å². The largest absolute Gasteiger partial charge is 0.490 e. The standard InChI is InChI=1S/C16H23FN2O4S2.C2HF3O2/c17-24(20,21)15-6-1-7-16(10-15)25(22,23)19-9-3-5-14(12-19)13-4-2-8-18-11-13;3-2(4,5)1(6)7/h1,6-7,10,13-14,18H,2-5,8-9,11-12H2;(H,6,7). The van der Waals surface area contributed by atoms with Gasteiger partial charge in [-0.3, -0.25) is 0 Å². The van der Waals surface area contributed by atoms with Gasteiger partial charge in [0.05, 0.1) is 9.79 Å². The number of alkyl halides is 3. The fraction of sp³-hybridized carbons (Fsp3) is 0.611. The SMILES string of the molecule is O=C(O)C(F)(F)F.O=S(=O)(F)c1cccc(S(=O)(=O)N2CCCC(C3CCCNC3)C2)c1. The summed E-state index contributed by atoms with van der Waals surface area (Å²) in [5.41, 5.74) is 0. The van der Waals surface area contributed by atoms with E-state index >= 15 is 0 Å². The molecule has 2 aliphatic heterocycles. The number of benzene rings is 1. The third-order valence-corrected chi connectivity index (χ3v) is 8.07. The summed E-state index contributed by atoms with van der Waals surface area (Å²) in [5, 5.41) is 10.5. The van der Waals surface area contributed by atoms with Gasteiger partial charge in [-0.1, -0.05) is 6.07 Å². The van der Waals surface area contributed by atoms with Crippen LogP contribution in [0.5, 0.6) is 0 Å². The second-order valence-corrected chi connectivity index (χ2v) is 10.9. The van der Waals surface area contributed by atoms with Crippen LogP contribution in [0.25, 0.3) is 0 Å². The molecule has 0 amide bonds. The van der Waals surface area contributed by atoms with Gasteiger partial charge in [0.25, 0.3) is 0 Å². The number of sulfonamides is 1. The van der Waals surface area contributed by atoms with Crippen LogP contribution in [0, 0.1) is 11.8 Å². The van der Waals surface area contributed by atoms with Crippen molar-refractivity contribution in [1.82, 2.24) is 9.62 Å². The zero-order valence-electron chi connectivity index (χ0n) is 16.9. The lowest BCUT2D eigenvalue weighted by atomic mass is 9.82. The van der Waals surface area contributed by atoms with Crippen molar-refractivity contribution in [3.8, 4) is 0 Å². The van der Waals surface area contributed by atoms with Crippen LogP contribution in [-0.4, -0.2) is 64.6 Å². The highest BCUT2D eigenvalue weighted by atomic mass is 32.3. The first kappa shape index (κ1) is 26.5.